The Kier molecular flexibility index (Phi) is 4.04. The average molecular weight is 297 g/mol. The fourth-order valence-electron chi connectivity index (χ4n) is 2.37. The Hall–Kier alpha value is -1.56. The lowest BCUT2D eigenvalue weighted by Gasteiger charge is -2.38. The van der Waals surface area contributed by atoms with E-state index < -0.39 is 21.2 Å². The number of aliphatic carboxylic acids is 1. The lowest BCUT2D eigenvalue weighted by Crippen LogP contribution is -2.43. The van der Waals surface area contributed by atoms with Crippen LogP contribution >= 0.6 is 0 Å². The monoisotopic (exact) mass is 297 g/mol. The van der Waals surface area contributed by atoms with E-state index in [-0.39, 0.29) is 17.2 Å². The third-order valence-electron chi connectivity index (χ3n) is 3.98. The van der Waals surface area contributed by atoms with Gasteiger partial charge in [0.05, 0.1) is 21.8 Å². The molecule has 1 aliphatic carbocycles. The molecule has 0 saturated heterocycles. The largest absolute Gasteiger partial charge is 0.481 e. The molecule has 0 amide bonds. The van der Waals surface area contributed by atoms with E-state index in [2.05, 4.69) is 5.32 Å². The number of rotatable bonds is 6. The summed E-state index contributed by atoms with van der Waals surface area (Å²) in [5.74, 6) is -0.789. The minimum atomic E-state index is -3.32. The summed E-state index contributed by atoms with van der Waals surface area (Å²) in [6, 6.07) is 6.64. The van der Waals surface area contributed by atoms with Crippen molar-refractivity contribution < 1.29 is 18.3 Å². The van der Waals surface area contributed by atoms with Gasteiger partial charge in [-0.1, -0.05) is 25.5 Å². The zero-order valence-corrected chi connectivity index (χ0v) is 12.2. The molecule has 2 N–H and O–H groups in total. The number of anilines is 1. The Bertz CT molecular complexity index is 605. The van der Waals surface area contributed by atoms with Gasteiger partial charge in [0, 0.05) is 6.54 Å². The Morgan fingerprint density at radius 3 is 2.50 bits per heavy atom. The number of para-hydroxylation sites is 1. The quantitative estimate of drug-likeness (QED) is 0.840. The third kappa shape index (κ3) is 2.65. The molecule has 1 aliphatic rings. The van der Waals surface area contributed by atoms with Gasteiger partial charge in [0.2, 0.25) is 0 Å². The highest BCUT2D eigenvalue weighted by Gasteiger charge is 2.44. The molecule has 110 valence electrons. The zero-order chi connectivity index (χ0) is 14.8. The summed E-state index contributed by atoms with van der Waals surface area (Å²) in [4.78, 5) is 11.5. The molecule has 6 heteroatoms. The number of carboxylic acids is 1. The van der Waals surface area contributed by atoms with Crippen LogP contribution in [-0.4, -0.2) is 31.8 Å². The van der Waals surface area contributed by atoms with Crippen LogP contribution in [0.15, 0.2) is 29.2 Å². The van der Waals surface area contributed by atoms with Gasteiger partial charge in [0.15, 0.2) is 9.84 Å². The van der Waals surface area contributed by atoms with Crippen molar-refractivity contribution in [1.82, 2.24) is 0 Å². The minimum Gasteiger partial charge on any atom is -0.481 e. The van der Waals surface area contributed by atoms with Gasteiger partial charge in [-0.2, -0.15) is 0 Å². The fraction of sp³-hybridized carbons (Fsp3) is 0.500. The van der Waals surface area contributed by atoms with Crippen LogP contribution in [0, 0.1) is 5.41 Å². The molecule has 0 unspecified atom stereocenters. The Balaban J connectivity index is 2.21. The first kappa shape index (κ1) is 14.8. The minimum absolute atomic E-state index is 0.0236. The number of carboxylic acid groups (broad SMARTS) is 1. The highest BCUT2D eigenvalue weighted by Crippen LogP contribution is 2.41. The summed E-state index contributed by atoms with van der Waals surface area (Å²) < 4.78 is 24.0. The second-order valence-electron chi connectivity index (χ2n) is 5.19. The summed E-state index contributed by atoms with van der Waals surface area (Å²) in [7, 11) is -3.32. The van der Waals surface area contributed by atoms with Crippen LogP contribution in [0.5, 0.6) is 0 Å². The summed E-state index contributed by atoms with van der Waals surface area (Å²) in [5, 5.41) is 12.3. The maximum absolute atomic E-state index is 12.0. The first-order chi connectivity index (χ1) is 9.41. The van der Waals surface area contributed by atoms with Crippen LogP contribution in [0.25, 0.3) is 0 Å². The molecule has 0 aromatic heterocycles. The van der Waals surface area contributed by atoms with E-state index in [0.29, 0.717) is 18.5 Å². The van der Waals surface area contributed by atoms with Crippen LogP contribution < -0.4 is 5.32 Å². The lowest BCUT2D eigenvalue weighted by molar-refractivity contribution is -0.153. The number of benzene rings is 1. The molecule has 0 atom stereocenters. The van der Waals surface area contributed by atoms with Crippen LogP contribution in [-0.2, 0) is 14.6 Å². The van der Waals surface area contributed by atoms with Gasteiger partial charge in [0.1, 0.15) is 0 Å². The molecule has 5 nitrogen and oxygen atoms in total. The predicted molar refractivity (Wildman–Crippen MR) is 76.6 cm³/mol. The van der Waals surface area contributed by atoms with Crippen molar-refractivity contribution in [2.75, 3.05) is 17.6 Å². The molecule has 0 bridgehead atoms. The van der Waals surface area contributed by atoms with E-state index in [9.17, 15) is 18.3 Å². The summed E-state index contributed by atoms with van der Waals surface area (Å²) in [6.07, 6.45) is 2.18. The van der Waals surface area contributed by atoms with E-state index in [1.807, 2.05) is 0 Å². The zero-order valence-electron chi connectivity index (χ0n) is 11.4. The van der Waals surface area contributed by atoms with Crippen molar-refractivity contribution in [1.29, 1.82) is 0 Å². The van der Waals surface area contributed by atoms with E-state index in [4.69, 9.17) is 0 Å². The van der Waals surface area contributed by atoms with E-state index in [1.54, 1.807) is 31.2 Å². The van der Waals surface area contributed by atoms with Crippen molar-refractivity contribution in [3.63, 3.8) is 0 Å². The Morgan fingerprint density at radius 2 is 2.00 bits per heavy atom. The maximum atomic E-state index is 12.0. The molecule has 0 spiro atoms. The Morgan fingerprint density at radius 1 is 1.35 bits per heavy atom. The number of sulfone groups is 1. The van der Waals surface area contributed by atoms with Crippen molar-refractivity contribution in [3.8, 4) is 0 Å². The second-order valence-corrected chi connectivity index (χ2v) is 7.44. The normalized spacial score (nSPS) is 17.2. The molecule has 1 saturated carbocycles. The summed E-state index contributed by atoms with van der Waals surface area (Å²) in [5.41, 5.74) is -0.259. The number of carbonyl (C=O) groups is 1. The van der Waals surface area contributed by atoms with Gasteiger partial charge < -0.3 is 10.4 Å². The number of hydrogen-bond donors (Lipinski definition) is 2. The van der Waals surface area contributed by atoms with Crippen LogP contribution in [0.4, 0.5) is 5.69 Å². The predicted octanol–water partition coefficient (Wildman–Crippen LogP) is 2.15. The lowest BCUT2D eigenvalue weighted by atomic mass is 9.69. The Labute approximate surface area is 118 Å². The van der Waals surface area contributed by atoms with E-state index in [1.165, 1.54) is 0 Å². The SMILES string of the molecule is CCS(=O)(=O)c1ccccc1NCC1(C(=O)O)CCC1. The highest BCUT2D eigenvalue weighted by molar-refractivity contribution is 7.91. The highest BCUT2D eigenvalue weighted by atomic mass is 32.2. The molecular weight excluding hydrogens is 278 g/mol. The second kappa shape index (κ2) is 5.44. The van der Waals surface area contributed by atoms with Gasteiger partial charge in [-0.05, 0) is 25.0 Å². The van der Waals surface area contributed by atoms with Crippen molar-refractivity contribution >= 4 is 21.5 Å². The van der Waals surface area contributed by atoms with Gasteiger partial charge >= 0.3 is 5.97 Å². The molecular formula is C14H19NO4S. The van der Waals surface area contributed by atoms with E-state index in [0.717, 1.165) is 6.42 Å². The van der Waals surface area contributed by atoms with Crippen molar-refractivity contribution in [2.45, 2.75) is 31.1 Å². The van der Waals surface area contributed by atoms with Crippen LogP contribution in [0.1, 0.15) is 26.2 Å². The topological polar surface area (TPSA) is 83.5 Å². The number of nitrogens with one attached hydrogen (secondary N) is 1. The third-order valence-corrected chi connectivity index (χ3v) is 5.77. The molecule has 1 fully saturated rings. The average Bonchev–Trinajstić information content (AvgIpc) is 2.37. The van der Waals surface area contributed by atoms with Gasteiger partial charge in [-0.25, -0.2) is 8.42 Å². The fourth-order valence-corrected chi connectivity index (χ4v) is 3.45. The molecule has 1 aromatic carbocycles. The molecule has 0 radical (unpaired) electrons. The molecule has 0 aliphatic heterocycles. The molecule has 20 heavy (non-hydrogen) atoms. The van der Waals surface area contributed by atoms with Crippen LogP contribution in [0.3, 0.4) is 0 Å². The molecule has 1 aromatic rings. The standard InChI is InChI=1S/C14H19NO4S/c1-2-20(18,19)12-7-4-3-6-11(12)15-10-14(13(16)17)8-5-9-14/h3-4,6-7,15H,2,5,8-10H2,1H3,(H,16,17). The smallest absolute Gasteiger partial charge is 0.311 e. The number of hydrogen-bond acceptors (Lipinski definition) is 4. The van der Waals surface area contributed by atoms with Gasteiger partial charge in [-0.15, -0.1) is 0 Å². The van der Waals surface area contributed by atoms with Crippen LogP contribution in [0.2, 0.25) is 0 Å². The summed E-state index contributed by atoms with van der Waals surface area (Å²) >= 11 is 0. The molecule has 2 rings (SSSR count). The summed E-state index contributed by atoms with van der Waals surface area (Å²) in [6.45, 7) is 1.86. The first-order valence-electron chi connectivity index (χ1n) is 6.70. The van der Waals surface area contributed by atoms with Gasteiger partial charge in [0.25, 0.3) is 0 Å². The van der Waals surface area contributed by atoms with Crippen molar-refractivity contribution in [2.24, 2.45) is 5.41 Å². The maximum Gasteiger partial charge on any atom is 0.311 e. The van der Waals surface area contributed by atoms with E-state index >= 15 is 0 Å². The van der Waals surface area contributed by atoms with Gasteiger partial charge in [-0.3, -0.25) is 4.79 Å². The van der Waals surface area contributed by atoms with Crippen molar-refractivity contribution in [3.05, 3.63) is 24.3 Å². The molecule has 0 heterocycles. The first-order valence-corrected chi connectivity index (χ1v) is 8.35.